The molecule has 0 saturated heterocycles. The number of carbonyl (C=O) groups is 1. The van der Waals surface area contributed by atoms with Gasteiger partial charge in [0.1, 0.15) is 18.1 Å². The first kappa shape index (κ1) is 15.8. The maximum atomic E-state index is 12.0. The molecule has 0 aliphatic carbocycles. The molecular formula is C21H18O3. The number of ether oxygens (including phenoxy) is 1. The summed E-state index contributed by atoms with van der Waals surface area (Å²) in [5, 5.41) is 0. The van der Waals surface area contributed by atoms with Crippen molar-refractivity contribution in [3.63, 3.8) is 0 Å². The maximum Gasteiger partial charge on any atom is 0.221 e. The van der Waals surface area contributed by atoms with Gasteiger partial charge in [-0.1, -0.05) is 48.5 Å². The Morgan fingerprint density at radius 1 is 1.04 bits per heavy atom. The minimum atomic E-state index is -0.154. The van der Waals surface area contributed by atoms with Crippen LogP contribution in [0, 0.1) is 6.92 Å². The minimum absolute atomic E-state index is 0.154. The highest BCUT2D eigenvalue weighted by Gasteiger charge is 2.06. The zero-order valence-corrected chi connectivity index (χ0v) is 13.4. The predicted octanol–water partition coefficient (Wildman–Crippen LogP) is 5.06. The molecular weight excluding hydrogens is 300 g/mol. The monoisotopic (exact) mass is 318 g/mol. The lowest BCUT2D eigenvalue weighted by Crippen LogP contribution is -1.95. The van der Waals surface area contributed by atoms with Crippen LogP contribution in [-0.2, 0) is 6.61 Å². The molecule has 3 rings (SSSR count). The zero-order valence-electron chi connectivity index (χ0n) is 13.4. The van der Waals surface area contributed by atoms with Gasteiger partial charge in [0, 0.05) is 0 Å². The minimum Gasteiger partial charge on any atom is -0.489 e. The quantitative estimate of drug-likeness (QED) is 0.471. The van der Waals surface area contributed by atoms with Crippen LogP contribution >= 0.6 is 0 Å². The fourth-order valence-corrected chi connectivity index (χ4v) is 2.27. The molecule has 24 heavy (non-hydrogen) atoms. The first-order valence-electron chi connectivity index (χ1n) is 7.76. The molecule has 0 aliphatic rings. The molecule has 0 saturated carbocycles. The summed E-state index contributed by atoms with van der Waals surface area (Å²) in [5.74, 6) is 1.68. The number of hydrogen-bond donors (Lipinski definition) is 0. The smallest absolute Gasteiger partial charge is 0.221 e. The predicted molar refractivity (Wildman–Crippen MR) is 94.0 cm³/mol. The molecule has 2 aromatic carbocycles. The summed E-state index contributed by atoms with van der Waals surface area (Å²) < 4.78 is 11.1. The van der Waals surface area contributed by atoms with Crippen molar-refractivity contribution in [2.75, 3.05) is 0 Å². The summed E-state index contributed by atoms with van der Waals surface area (Å²) in [4.78, 5) is 12.0. The third-order valence-electron chi connectivity index (χ3n) is 3.52. The summed E-state index contributed by atoms with van der Waals surface area (Å²) in [6.07, 6.45) is 3.27. The van der Waals surface area contributed by atoms with Gasteiger partial charge in [-0.25, -0.2) is 0 Å². The van der Waals surface area contributed by atoms with Crippen LogP contribution in [0.3, 0.4) is 0 Å². The summed E-state index contributed by atoms with van der Waals surface area (Å²) in [5.41, 5.74) is 2.01. The lowest BCUT2D eigenvalue weighted by atomic mass is 10.1. The number of benzene rings is 2. The van der Waals surface area contributed by atoms with Crippen LogP contribution in [0.2, 0.25) is 0 Å². The van der Waals surface area contributed by atoms with Crippen LogP contribution in [0.15, 0.2) is 77.2 Å². The van der Waals surface area contributed by atoms with Gasteiger partial charge in [-0.15, -0.1) is 0 Å². The van der Waals surface area contributed by atoms with Crippen molar-refractivity contribution in [3.05, 3.63) is 95.5 Å². The number of furan rings is 1. The van der Waals surface area contributed by atoms with Crippen molar-refractivity contribution in [2.45, 2.75) is 13.5 Å². The summed E-state index contributed by atoms with van der Waals surface area (Å²) in [7, 11) is 0. The van der Waals surface area contributed by atoms with Gasteiger partial charge in [0.2, 0.25) is 5.78 Å². The Morgan fingerprint density at radius 3 is 2.62 bits per heavy atom. The second-order valence-electron chi connectivity index (χ2n) is 5.45. The topological polar surface area (TPSA) is 39.4 Å². The van der Waals surface area contributed by atoms with Crippen molar-refractivity contribution in [3.8, 4) is 5.75 Å². The van der Waals surface area contributed by atoms with Crippen molar-refractivity contribution >= 4 is 11.9 Å². The molecule has 3 aromatic rings. The molecule has 0 bridgehead atoms. The first-order valence-corrected chi connectivity index (χ1v) is 7.76. The summed E-state index contributed by atoms with van der Waals surface area (Å²) >= 11 is 0. The van der Waals surface area contributed by atoms with Crippen molar-refractivity contribution in [1.29, 1.82) is 0 Å². The van der Waals surface area contributed by atoms with Crippen molar-refractivity contribution in [2.24, 2.45) is 0 Å². The molecule has 0 radical (unpaired) electrons. The van der Waals surface area contributed by atoms with E-state index in [9.17, 15) is 4.79 Å². The Labute approximate surface area is 141 Å². The van der Waals surface area contributed by atoms with E-state index < -0.39 is 0 Å². The molecule has 0 fully saturated rings. The van der Waals surface area contributed by atoms with Crippen LogP contribution < -0.4 is 4.74 Å². The molecule has 0 unspecified atom stereocenters. The van der Waals surface area contributed by atoms with Gasteiger partial charge in [-0.2, -0.15) is 0 Å². The van der Waals surface area contributed by atoms with E-state index in [0.717, 1.165) is 22.6 Å². The highest BCUT2D eigenvalue weighted by atomic mass is 16.5. The molecule has 0 amide bonds. The Balaban J connectivity index is 1.64. The van der Waals surface area contributed by atoms with E-state index in [4.69, 9.17) is 9.15 Å². The van der Waals surface area contributed by atoms with Gasteiger partial charge < -0.3 is 9.15 Å². The zero-order chi connectivity index (χ0) is 16.8. The third kappa shape index (κ3) is 4.23. The van der Waals surface area contributed by atoms with Crippen LogP contribution in [0.5, 0.6) is 5.75 Å². The summed E-state index contributed by atoms with van der Waals surface area (Å²) in [6.45, 7) is 2.33. The molecule has 0 N–H and O–H groups in total. The Morgan fingerprint density at radius 2 is 1.88 bits per heavy atom. The molecule has 3 heteroatoms. The van der Waals surface area contributed by atoms with E-state index in [0.29, 0.717) is 12.4 Å². The number of carbonyl (C=O) groups excluding carboxylic acids is 1. The number of aryl methyl sites for hydroxylation is 1. The van der Waals surface area contributed by atoms with Crippen LogP contribution in [-0.4, -0.2) is 5.78 Å². The molecule has 0 atom stereocenters. The molecule has 120 valence electrons. The molecule has 1 heterocycles. The van der Waals surface area contributed by atoms with E-state index in [-0.39, 0.29) is 5.78 Å². The lowest BCUT2D eigenvalue weighted by Gasteiger charge is -2.06. The average Bonchev–Trinajstić information content (AvgIpc) is 3.06. The van der Waals surface area contributed by atoms with E-state index in [2.05, 4.69) is 0 Å². The molecule has 0 aliphatic heterocycles. The van der Waals surface area contributed by atoms with E-state index >= 15 is 0 Å². The van der Waals surface area contributed by atoms with Gasteiger partial charge in [-0.05, 0) is 48.4 Å². The Kier molecular flexibility index (Phi) is 4.92. The second-order valence-corrected chi connectivity index (χ2v) is 5.45. The van der Waals surface area contributed by atoms with Crippen LogP contribution in [0.25, 0.3) is 6.08 Å². The Bertz CT molecular complexity index is 844. The first-order chi connectivity index (χ1) is 11.7. The number of rotatable bonds is 6. The maximum absolute atomic E-state index is 12.0. The highest BCUT2D eigenvalue weighted by Crippen LogP contribution is 2.17. The number of allylic oxidation sites excluding steroid dienone is 1. The lowest BCUT2D eigenvalue weighted by molar-refractivity contribution is 0.102. The van der Waals surface area contributed by atoms with E-state index in [1.165, 1.54) is 6.08 Å². The van der Waals surface area contributed by atoms with Gasteiger partial charge in [0.25, 0.3) is 0 Å². The van der Waals surface area contributed by atoms with Crippen LogP contribution in [0.4, 0.5) is 0 Å². The van der Waals surface area contributed by atoms with Gasteiger partial charge >= 0.3 is 0 Å². The largest absolute Gasteiger partial charge is 0.489 e. The second kappa shape index (κ2) is 7.47. The molecule has 3 nitrogen and oxygen atoms in total. The number of hydrogen-bond acceptors (Lipinski definition) is 3. The Hall–Kier alpha value is -3.07. The summed E-state index contributed by atoms with van der Waals surface area (Å²) in [6, 6.07) is 21.1. The fourth-order valence-electron chi connectivity index (χ4n) is 2.27. The van der Waals surface area contributed by atoms with Crippen LogP contribution in [0.1, 0.15) is 27.4 Å². The fraction of sp³-hybridized carbons (Fsp3) is 0.0952. The van der Waals surface area contributed by atoms with Gasteiger partial charge in [0.05, 0.1) is 0 Å². The van der Waals surface area contributed by atoms with Gasteiger partial charge in [0.15, 0.2) is 5.76 Å². The highest BCUT2D eigenvalue weighted by molar-refractivity contribution is 6.04. The molecule has 0 spiro atoms. The SMILES string of the molecule is Cc1ccc(C(=O)/C=C/c2cccc(OCc3ccccc3)c2)o1. The van der Waals surface area contributed by atoms with Gasteiger partial charge in [-0.3, -0.25) is 4.79 Å². The van der Waals surface area contributed by atoms with Crippen molar-refractivity contribution in [1.82, 2.24) is 0 Å². The third-order valence-corrected chi connectivity index (χ3v) is 3.52. The average molecular weight is 318 g/mol. The normalized spacial score (nSPS) is 10.9. The standard InChI is InChI=1S/C21H18O3/c1-16-10-13-21(24-16)20(22)12-11-17-8-5-9-19(14-17)23-15-18-6-3-2-4-7-18/h2-14H,15H2,1H3/b12-11+. The van der Waals surface area contributed by atoms with Crippen molar-refractivity contribution < 1.29 is 13.9 Å². The van der Waals surface area contributed by atoms with E-state index in [1.807, 2.05) is 61.5 Å². The van der Waals surface area contributed by atoms with E-state index in [1.54, 1.807) is 18.2 Å². The number of ketones is 1. The molecule has 1 aromatic heterocycles.